The molecule has 2 aromatic carbocycles. The monoisotopic (exact) mass is 499 g/mol. The number of benzene rings is 2. The lowest BCUT2D eigenvalue weighted by Crippen LogP contribution is -2.21. The highest BCUT2D eigenvalue weighted by atomic mass is 35.5. The van der Waals surface area contributed by atoms with Crippen molar-refractivity contribution in [2.45, 2.75) is 18.1 Å². The lowest BCUT2D eigenvalue weighted by atomic mass is 10.1. The van der Waals surface area contributed by atoms with Crippen molar-refractivity contribution in [2.24, 2.45) is 0 Å². The van der Waals surface area contributed by atoms with Gasteiger partial charge in [-0.1, -0.05) is 41.9 Å². The third-order valence-electron chi connectivity index (χ3n) is 5.01. The summed E-state index contributed by atoms with van der Waals surface area (Å²) in [4.78, 5) is 12.6. The van der Waals surface area contributed by atoms with E-state index in [1.165, 1.54) is 26.2 Å². The SMILES string of the molecule is CN(C)S(=O)(=O)c1ccc(COC(=O)Cc2cn(-c3ccccc3)nc2-c2ccc(Cl)cc2)o1. The Labute approximate surface area is 202 Å². The summed E-state index contributed by atoms with van der Waals surface area (Å²) < 4.78 is 37.7. The number of hydrogen-bond donors (Lipinski definition) is 0. The Morgan fingerprint density at radius 2 is 1.76 bits per heavy atom. The van der Waals surface area contributed by atoms with Crippen LogP contribution in [0.3, 0.4) is 0 Å². The second-order valence-corrected chi connectivity index (χ2v) is 10.2. The Morgan fingerprint density at radius 1 is 1.06 bits per heavy atom. The van der Waals surface area contributed by atoms with Gasteiger partial charge in [0.2, 0.25) is 5.09 Å². The molecular weight excluding hydrogens is 478 g/mol. The molecule has 4 rings (SSSR count). The molecule has 4 aromatic rings. The summed E-state index contributed by atoms with van der Waals surface area (Å²) in [6.45, 7) is -0.190. The van der Waals surface area contributed by atoms with Gasteiger partial charge in [0.1, 0.15) is 12.4 Å². The number of hydrogen-bond acceptors (Lipinski definition) is 6. The normalized spacial score (nSPS) is 11.6. The molecule has 0 N–H and O–H groups in total. The first-order valence-electron chi connectivity index (χ1n) is 10.3. The minimum Gasteiger partial charge on any atom is -0.457 e. The third kappa shape index (κ3) is 5.22. The number of para-hydroxylation sites is 1. The fourth-order valence-corrected chi connectivity index (χ4v) is 4.15. The molecule has 0 amide bonds. The maximum atomic E-state index is 12.6. The number of carbonyl (C=O) groups excluding carboxylic acids is 1. The van der Waals surface area contributed by atoms with Crippen LogP contribution in [0.2, 0.25) is 5.02 Å². The van der Waals surface area contributed by atoms with E-state index in [1.807, 2.05) is 42.5 Å². The third-order valence-corrected chi connectivity index (χ3v) is 6.95. The number of ether oxygens (including phenoxy) is 1. The summed E-state index contributed by atoms with van der Waals surface area (Å²) in [5.41, 5.74) is 2.97. The van der Waals surface area contributed by atoms with Crippen LogP contribution in [0, 0.1) is 0 Å². The van der Waals surface area contributed by atoms with Crippen molar-refractivity contribution in [2.75, 3.05) is 14.1 Å². The standard InChI is InChI=1S/C24H22ClN3O5S/c1-27(2)34(30,31)23-13-12-21(33-23)16-32-22(29)14-18-15-28(20-6-4-3-5-7-20)26-24(18)17-8-10-19(25)11-9-17/h3-13,15H,14,16H2,1-2H3. The lowest BCUT2D eigenvalue weighted by molar-refractivity contribution is -0.144. The first-order valence-corrected chi connectivity index (χ1v) is 12.1. The molecule has 0 spiro atoms. The number of furan rings is 1. The molecule has 0 bridgehead atoms. The largest absolute Gasteiger partial charge is 0.457 e. The van der Waals surface area contributed by atoms with Gasteiger partial charge in [-0.15, -0.1) is 0 Å². The van der Waals surface area contributed by atoms with Crippen LogP contribution < -0.4 is 0 Å². The van der Waals surface area contributed by atoms with E-state index >= 15 is 0 Å². The Balaban J connectivity index is 1.52. The van der Waals surface area contributed by atoms with Crippen molar-refractivity contribution in [1.29, 1.82) is 0 Å². The van der Waals surface area contributed by atoms with Gasteiger partial charge in [0, 0.05) is 36.4 Å². The van der Waals surface area contributed by atoms with E-state index in [9.17, 15) is 13.2 Å². The Kier molecular flexibility index (Phi) is 6.87. The highest BCUT2D eigenvalue weighted by Crippen LogP contribution is 2.26. The van der Waals surface area contributed by atoms with Crippen molar-refractivity contribution < 1.29 is 22.4 Å². The predicted octanol–water partition coefficient (Wildman–Crippen LogP) is 4.32. The molecule has 2 heterocycles. The maximum Gasteiger partial charge on any atom is 0.310 e. The van der Waals surface area contributed by atoms with Gasteiger partial charge in [0.25, 0.3) is 10.0 Å². The summed E-state index contributed by atoms with van der Waals surface area (Å²) in [6, 6.07) is 19.5. The van der Waals surface area contributed by atoms with Crippen LogP contribution in [0.1, 0.15) is 11.3 Å². The minimum atomic E-state index is -3.70. The summed E-state index contributed by atoms with van der Waals surface area (Å²) in [5.74, 6) is -0.275. The molecule has 176 valence electrons. The maximum absolute atomic E-state index is 12.6. The van der Waals surface area contributed by atoms with E-state index < -0.39 is 16.0 Å². The summed E-state index contributed by atoms with van der Waals surface area (Å²) in [5, 5.41) is 5.06. The van der Waals surface area contributed by atoms with Gasteiger partial charge >= 0.3 is 5.97 Å². The molecule has 0 radical (unpaired) electrons. The van der Waals surface area contributed by atoms with Gasteiger partial charge in [-0.3, -0.25) is 4.79 Å². The van der Waals surface area contributed by atoms with E-state index in [1.54, 1.807) is 23.0 Å². The molecular formula is C24H22ClN3O5S. The van der Waals surface area contributed by atoms with Crippen molar-refractivity contribution in [3.63, 3.8) is 0 Å². The zero-order valence-electron chi connectivity index (χ0n) is 18.5. The molecule has 0 fully saturated rings. The molecule has 10 heteroatoms. The number of rotatable bonds is 8. The van der Waals surface area contributed by atoms with Crippen LogP contribution in [-0.2, 0) is 32.6 Å². The fourth-order valence-electron chi connectivity index (χ4n) is 3.22. The molecule has 34 heavy (non-hydrogen) atoms. The highest BCUT2D eigenvalue weighted by Gasteiger charge is 2.22. The Hall–Kier alpha value is -3.40. The van der Waals surface area contributed by atoms with Gasteiger partial charge in [-0.25, -0.2) is 17.4 Å². The van der Waals surface area contributed by atoms with Gasteiger partial charge in [-0.2, -0.15) is 5.10 Å². The molecule has 0 saturated carbocycles. The summed E-state index contributed by atoms with van der Waals surface area (Å²) in [7, 11) is -0.884. The van der Waals surface area contributed by atoms with Crippen LogP contribution in [0.4, 0.5) is 0 Å². The quantitative estimate of drug-likeness (QED) is 0.335. The van der Waals surface area contributed by atoms with E-state index in [0.29, 0.717) is 16.3 Å². The molecule has 0 aliphatic heterocycles. The summed E-state index contributed by atoms with van der Waals surface area (Å²) in [6.07, 6.45) is 1.75. The van der Waals surface area contributed by atoms with Gasteiger partial charge in [0.05, 0.1) is 17.8 Å². The first-order chi connectivity index (χ1) is 16.2. The number of halogens is 1. The molecule has 0 unspecified atom stereocenters. The zero-order chi connectivity index (χ0) is 24.3. The predicted molar refractivity (Wildman–Crippen MR) is 127 cm³/mol. The second-order valence-electron chi connectivity index (χ2n) is 7.64. The van der Waals surface area contributed by atoms with Crippen molar-refractivity contribution in [3.8, 4) is 16.9 Å². The fraction of sp³-hybridized carbons (Fsp3) is 0.167. The van der Waals surface area contributed by atoms with Gasteiger partial charge in [-0.05, 0) is 36.4 Å². The van der Waals surface area contributed by atoms with Crippen LogP contribution in [0.15, 0.2) is 82.4 Å². The van der Waals surface area contributed by atoms with Crippen molar-refractivity contribution >= 4 is 27.6 Å². The van der Waals surface area contributed by atoms with Gasteiger partial charge in [0.15, 0.2) is 0 Å². The highest BCUT2D eigenvalue weighted by molar-refractivity contribution is 7.88. The molecule has 0 aliphatic rings. The first kappa shape index (κ1) is 23.7. The number of carbonyl (C=O) groups is 1. The number of aromatic nitrogens is 2. The van der Waals surface area contributed by atoms with Gasteiger partial charge < -0.3 is 9.15 Å². The van der Waals surface area contributed by atoms with Crippen LogP contribution >= 0.6 is 11.6 Å². The second kappa shape index (κ2) is 9.84. The van der Waals surface area contributed by atoms with E-state index in [0.717, 1.165) is 15.6 Å². The smallest absolute Gasteiger partial charge is 0.310 e. The average Bonchev–Trinajstić information content (AvgIpc) is 3.47. The molecule has 2 aromatic heterocycles. The Morgan fingerprint density at radius 3 is 2.44 bits per heavy atom. The number of esters is 1. The molecule has 0 saturated heterocycles. The number of sulfonamides is 1. The van der Waals surface area contributed by atoms with Crippen LogP contribution in [0.5, 0.6) is 0 Å². The summed E-state index contributed by atoms with van der Waals surface area (Å²) >= 11 is 6.02. The Bertz CT molecular complexity index is 1390. The average molecular weight is 500 g/mol. The molecule has 8 nitrogen and oxygen atoms in total. The zero-order valence-corrected chi connectivity index (χ0v) is 20.1. The van der Waals surface area contributed by atoms with E-state index in [2.05, 4.69) is 5.10 Å². The topological polar surface area (TPSA) is 94.6 Å². The van der Waals surface area contributed by atoms with E-state index in [-0.39, 0.29) is 23.9 Å². The minimum absolute atomic E-state index is 0.0334. The molecule has 0 atom stereocenters. The van der Waals surface area contributed by atoms with Crippen molar-refractivity contribution in [1.82, 2.24) is 14.1 Å². The van der Waals surface area contributed by atoms with Crippen molar-refractivity contribution in [3.05, 3.63) is 89.3 Å². The van der Waals surface area contributed by atoms with Crippen LogP contribution in [-0.4, -0.2) is 42.6 Å². The number of nitrogens with zero attached hydrogens (tertiary/aromatic N) is 3. The van der Waals surface area contributed by atoms with Crippen LogP contribution in [0.25, 0.3) is 16.9 Å². The lowest BCUT2D eigenvalue weighted by Gasteiger charge is -2.08. The van der Waals surface area contributed by atoms with E-state index in [4.69, 9.17) is 20.8 Å². The molecule has 0 aliphatic carbocycles.